The number of benzene rings is 1. The molecule has 3 rings (SSSR count). The zero-order valence-electron chi connectivity index (χ0n) is 11.5. The summed E-state index contributed by atoms with van der Waals surface area (Å²) in [6, 6.07) is 14.2. The second kappa shape index (κ2) is 6.41. The molecule has 2 heterocycles. The van der Waals surface area contributed by atoms with Gasteiger partial charge in [-0.1, -0.05) is 29.8 Å². The molecule has 0 bridgehead atoms. The van der Waals surface area contributed by atoms with Gasteiger partial charge in [-0.2, -0.15) is 5.10 Å². The Morgan fingerprint density at radius 3 is 2.86 bits per heavy atom. The van der Waals surface area contributed by atoms with Gasteiger partial charge in [-0.3, -0.25) is 9.36 Å². The predicted octanol–water partition coefficient (Wildman–Crippen LogP) is 2.86. The van der Waals surface area contributed by atoms with Crippen molar-refractivity contribution >= 4 is 11.6 Å². The lowest BCUT2D eigenvalue weighted by Crippen LogP contribution is -2.15. The summed E-state index contributed by atoms with van der Waals surface area (Å²) in [7, 11) is 0. The number of pyridine rings is 1. The van der Waals surface area contributed by atoms with E-state index in [0.29, 0.717) is 12.4 Å². The number of nitrogens with zero attached hydrogens (tertiary/aromatic N) is 3. The Labute approximate surface area is 131 Å². The maximum absolute atomic E-state index is 11.8. The quantitative estimate of drug-likeness (QED) is 0.743. The number of halogens is 1. The normalized spacial score (nSPS) is 10.4. The van der Waals surface area contributed by atoms with E-state index in [1.54, 1.807) is 22.9 Å². The van der Waals surface area contributed by atoms with Crippen molar-refractivity contribution in [1.82, 2.24) is 14.8 Å². The Kier molecular flexibility index (Phi) is 4.16. The van der Waals surface area contributed by atoms with Gasteiger partial charge in [0, 0.05) is 24.0 Å². The summed E-state index contributed by atoms with van der Waals surface area (Å²) in [5, 5.41) is 7.66. The second-order valence-corrected chi connectivity index (χ2v) is 4.97. The zero-order valence-corrected chi connectivity index (χ0v) is 12.3. The molecule has 0 aliphatic heterocycles. The summed E-state index contributed by atoms with van der Waals surface area (Å²) < 4.78 is 7.20. The van der Waals surface area contributed by atoms with E-state index in [0.717, 1.165) is 11.3 Å². The molecule has 1 aromatic carbocycles. The van der Waals surface area contributed by atoms with Gasteiger partial charge in [0.05, 0.1) is 6.20 Å². The van der Waals surface area contributed by atoms with Crippen LogP contribution in [-0.2, 0) is 6.61 Å². The van der Waals surface area contributed by atoms with Gasteiger partial charge in [-0.05, 0) is 23.8 Å². The molecule has 0 saturated carbocycles. The Morgan fingerprint density at radius 1 is 1.14 bits per heavy atom. The van der Waals surface area contributed by atoms with E-state index in [9.17, 15) is 4.79 Å². The van der Waals surface area contributed by atoms with Crippen molar-refractivity contribution in [2.24, 2.45) is 0 Å². The van der Waals surface area contributed by atoms with Crippen molar-refractivity contribution in [2.45, 2.75) is 6.61 Å². The maximum atomic E-state index is 11.8. The molecular formula is C16H12ClN3O2. The van der Waals surface area contributed by atoms with Gasteiger partial charge in [0.15, 0.2) is 5.15 Å². The fourth-order valence-electron chi connectivity index (χ4n) is 2.01. The molecule has 0 N–H and O–H groups in total. The van der Waals surface area contributed by atoms with Gasteiger partial charge in [0.25, 0.3) is 5.56 Å². The Hall–Kier alpha value is -2.66. The molecule has 22 heavy (non-hydrogen) atoms. The number of rotatable bonds is 4. The van der Waals surface area contributed by atoms with E-state index in [-0.39, 0.29) is 10.7 Å². The number of ether oxygens (including phenoxy) is 1. The number of hydrogen-bond acceptors (Lipinski definition) is 4. The third-order valence-corrected chi connectivity index (χ3v) is 3.20. The third-order valence-electron chi connectivity index (χ3n) is 3.02. The number of hydrogen-bond donors (Lipinski definition) is 0. The Morgan fingerprint density at radius 2 is 2.05 bits per heavy atom. The predicted molar refractivity (Wildman–Crippen MR) is 83.4 cm³/mol. The average molecular weight is 314 g/mol. The first-order valence-electron chi connectivity index (χ1n) is 6.60. The van der Waals surface area contributed by atoms with Crippen molar-refractivity contribution in [1.29, 1.82) is 0 Å². The van der Waals surface area contributed by atoms with Crippen LogP contribution in [0.1, 0.15) is 5.56 Å². The van der Waals surface area contributed by atoms with Crippen LogP contribution in [0.5, 0.6) is 5.75 Å². The van der Waals surface area contributed by atoms with Crippen LogP contribution in [0.3, 0.4) is 0 Å². The lowest BCUT2D eigenvalue weighted by molar-refractivity contribution is 0.304. The molecular weight excluding hydrogens is 302 g/mol. The summed E-state index contributed by atoms with van der Waals surface area (Å²) in [5.41, 5.74) is 1.64. The molecule has 0 aliphatic carbocycles. The minimum absolute atomic E-state index is 0.0781. The zero-order chi connectivity index (χ0) is 15.4. The molecule has 0 unspecified atom stereocenters. The molecule has 3 aromatic rings. The van der Waals surface area contributed by atoms with Crippen molar-refractivity contribution in [3.05, 3.63) is 82.0 Å². The van der Waals surface area contributed by atoms with Crippen LogP contribution in [0.25, 0.3) is 5.69 Å². The summed E-state index contributed by atoms with van der Waals surface area (Å²) in [6.07, 6.45) is 3.23. The van der Waals surface area contributed by atoms with Crippen LogP contribution in [-0.4, -0.2) is 14.8 Å². The van der Waals surface area contributed by atoms with E-state index in [1.165, 1.54) is 12.3 Å². The largest absolute Gasteiger partial charge is 0.487 e. The molecule has 6 heteroatoms. The van der Waals surface area contributed by atoms with E-state index in [4.69, 9.17) is 16.3 Å². The van der Waals surface area contributed by atoms with Crippen molar-refractivity contribution in [3.8, 4) is 11.4 Å². The van der Waals surface area contributed by atoms with Crippen LogP contribution in [0.2, 0.25) is 5.15 Å². The first kappa shape index (κ1) is 14.3. The topological polar surface area (TPSA) is 57.0 Å². The summed E-state index contributed by atoms with van der Waals surface area (Å²) in [6.45, 7) is 0.345. The standard InChI is InChI=1S/C16H12ClN3O2/c17-15-9-14(10-18-19-15)22-11-12-4-3-5-13(8-12)20-7-2-1-6-16(20)21/h1-10H,11H2. The molecule has 0 radical (unpaired) electrons. The van der Waals surface area contributed by atoms with Crippen LogP contribution < -0.4 is 10.3 Å². The highest BCUT2D eigenvalue weighted by atomic mass is 35.5. The Bertz CT molecular complexity index is 848. The van der Waals surface area contributed by atoms with Crippen LogP contribution in [0, 0.1) is 0 Å². The molecule has 2 aromatic heterocycles. The maximum Gasteiger partial charge on any atom is 0.255 e. The minimum Gasteiger partial charge on any atom is -0.487 e. The second-order valence-electron chi connectivity index (χ2n) is 4.58. The average Bonchev–Trinajstić information content (AvgIpc) is 2.54. The summed E-state index contributed by atoms with van der Waals surface area (Å²) in [4.78, 5) is 11.8. The molecule has 0 atom stereocenters. The summed E-state index contributed by atoms with van der Waals surface area (Å²) in [5.74, 6) is 0.544. The molecule has 110 valence electrons. The van der Waals surface area contributed by atoms with Gasteiger partial charge in [-0.15, -0.1) is 5.10 Å². The molecule has 0 amide bonds. The lowest BCUT2D eigenvalue weighted by Gasteiger charge is -2.09. The minimum atomic E-state index is -0.0781. The van der Waals surface area contributed by atoms with Crippen LogP contribution in [0.15, 0.2) is 65.7 Å². The highest BCUT2D eigenvalue weighted by molar-refractivity contribution is 6.29. The lowest BCUT2D eigenvalue weighted by atomic mass is 10.2. The van der Waals surface area contributed by atoms with Crippen molar-refractivity contribution < 1.29 is 4.74 Å². The third kappa shape index (κ3) is 3.32. The fraction of sp³-hybridized carbons (Fsp3) is 0.0625. The smallest absolute Gasteiger partial charge is 0.255 e. The van der Waals surface area contributed by atoms with Crippen molar-refractivity contribution in [2.75, 3.05) is 0 Å². The first-order valence-corrected chi connectivity index (χ1v) is 6.98. The van der Waals surface area contributed by atoms with E-state index >= 15 is 0 Å². The van der Waals surface area contributed by atoms with Gasteiger partial charge in [-0.25, -0.2) is 0 Å². The van der Waals surface area contributed by atoms with Gasteiger partial charge in [0.1, 0.15) is 12.4 Å². The van der Waals surface area contributed by atoms with E-state index < -0.39 is 0 Å². The molecule has 0 saturated heterocycles. The monoisotopic (exact) mass is 313 g/mol. The highest BCUT2D eigenvalue weighted by Gasteiger charge is 2.02. The highest BCUT2D eigenvalue weighted by Crippen LogP contribution is 2.16. The van der Waals surface area contributed by atoms with Gasteiger partial charge in [0.2, 0.25) is 0 Å². The van der Waals surface area contributed by atoms with E-state index in [2.05, 4.69) is 10.2 Å². The van der Waals surface area contributed by atoms with Crippen LogP contribution in [0.4, 0.5) is 0 Å². The SMILES string of the molecule is O=c1ccccn1-c1cccc(COc2cnnc(Cl)c2)c1. The van der Waals surface area contributed by atoms with Crippen molar-refractivity contribution in [3.63, 3.8) is 0 Å². The number of aromatic nitrogens is 3. The van der Waals surface area contributed by atoms with Crippen LogP contribution >= 0.6 is 11.6 Å². The van der Waals surface area contributed by atoms with Gasteiger partial charge >= 0.3 is 0 Å². The molecule has 5 nitrogen and oxygen atoms in total. The summed E-state index contributed by atoms with van der Waals surface area (Å²) >= 11 is 5.76. The molecule has 0 aliphatic rings. The van der Waals surface area contributed by atoms with E-state index in [1.807, 2.05) is 30.3 Å². The molecule has 0 spiro atoms. The fourth-order valence-corrected chi connectivity index (χ4v) is 2.16. The molecule has 0 fully saturated rings. The first-order chi connectivity index (χ1) is 10.7. The van der Waals surface area contributed by atoms with Gasteiger partial charge < -0.3 is 4.74 Å². The Balaban J connectivity index is 1.80.